The largest absolute Gasteiger partial charge is 0.469 e. The topological polar surface area (TPSA) is 46.5 Å². The molecule has 0 atom stereocenters. The summed E-state index contributed by atoms with van der Waals surface area (Å²) in [5.41, 5.74) is 0.346. The summed E-state index contributed by atoms with van der Waals surface area (Å²) in [7, 11) is 1.40. The van der Waals surface area contributed by atoms with E-state index in [9.17, 15) is 14.3 Å². The Balaban J connectivity index is 1.67. The minimum Gasteiger partial charge on any atom is -0.469 e. The van der Waals surface area contributed by atoms with Gasteiger partial charge in [-0.1, -0.05) is 12.1 Å². The Kier molecular flexibility index (Phi) is 2.91. The number of benzene rings is 1. The van der Waals surface area contributed by atoms with E-state index in [1.807, 2.05) is 0 Å². The Hall–Kier alpha value is -1.42. The molecule has 0 heterocycles. The number of halogens is 1. The minimum atomic E-state index is -0.935. The van der Waals surface area contributed by atoms with Crippen molar-refractivity contribution in [2.24, 2.45) is 11.3 Å². The van der Waals surface area contributed by atoms with Crippen molar-refractivity contribution in [3.05, 3.63) is 35.1 Å². The first-order valence-electron chi connectivity index (χ1n) is 6.94. The standard InChI is InChI=1S/C16H19FO3/c1-10-3-4-12(5-13(10)17)16(19)8-15(9-16)6-11(7-15)14(18)20-2/h3-5,11,19H,6-9H2,1-2H3. The van der Waals surface area contributed by atoms with E-state index in [1.165, 1.54) is 13.2 Å². The lowest BCUT2D eigenvalue weighted by Gasteiger charge is -2.61. The molecule has 1 spiro atoms. The molecule has 0 saturated heterocycles. The Morgan fingerprint density at radius 3 is 2.60 bits per heavy atom. The number of aryl methyl sites for hydroxylation is 1. The zero-order valence-corrected chi connectivity index (χ0v) is 11.8. The number of hydrogen-bond acceptors (Lipinski definition) is 3. The highest BCUT2D eigenvalue weighted by molar-refractivity contribution is 5.73. The molecule has 1 N–H and O–H groups in total. The van der Waals surface area contributed by atoms with Gasteiger partial charge in [0.25, 0.3) is 0 Å². The molecule has 3 rings (SSSR count). The van der Waals surface area contributed by atoms with Crippen molar-refractivity contribution < 1.29 is 19.0 Å². The monoisotopic (exact) mass is 278 g/mol. The van der Waals surface area contributed by atoms with Gasteiger partial charge >= 0.3 is 5.97 Å². The van der Waals surface area contributed by atoms with E-state index in [2.05, 4.69) is 0 Å². The lowest BCUT2D eigenvalue weighted by atomic mass is 9.45. The highest BCUT2D eigenvalue weighted by atomic mass is 19.1. The van der Waals surface area contributed by atoms with Gasteiger partial charge in [0.2, 0.25) is 0 Å². The molecule has 4 heteroatoms. The second-order valence-corrected chi connectivity index (χ2v) is 6.48. The molecule has 0 amide bonds. The first kappa shape index (κ1) is 13.6. The molecule has 0 bridgehead atoms. The van der Waals surface area contributed by atoms with Gasteiger partial charge in [-0.05, 0) is 55.2 Å². The van der Waals surface area contributed by atoms with Crippen LogP contribution in [0.5, 0.6) is 0 Å². The summed E-state index contributed by atoms with van der Waals surface area (Å²) in [4.78, 5) is 11.4. The summed E-state index contributed by atoms with van der Waals surface area (Å²) >= 11 is 0. The smallest absolute Gasteiger partial charge is 0.308 e. The molecular formula is C16H19FO3. The zero-order chi connectivity index (χ0) is 14.5. The van der Waals surface area contributed by atoms with Crippen molar-refractivity contribution in [3.8, 4) is 0 Å². The molecule has 1 aromatic carbocycles. The molecule has 2 fully saturated rings. The highest BCUT2D eigenvalue weighted by Gasteiger charge is 2.61. The molecule has 0 radical (unpaired) electrons. The predicted octanol–water partition coefficient (Wildman–Crippen LogP) is 2.68. The van der Waals surface area contributed by atoms with Crippen LogP contribution in [-0.4, -0.2) is 18.2 Å². The fourth-order valence-electron chi connectivity index (χ4n) is 3.88. The number of aliphatic hydroxyl groups is 1. The SMILES string of the molecule is COC(=O)C1CC2(C1)CC(O)(c1ccc(C)c(F)c1)C2. The van der Waals surface area contributed by atoms with Gasteiger partial charge in [-0.2, -0.15) is 0 Å². The highest BCUT2D eigenvalue weighted by Crippen LogP contribution is 2.65. The molecule has 0 aliphatic heterocycles. The van der Waals surface area contributed by atoms with Crippen LogP contribution in [-0.2, 0) is 15.1 Å². The summed E-state index contributed by atoms with van der Waals surface area (Å²) in [6, 6.07) is 4.92. The number of rotatable bonds is 2. The molecule has 1 aromatic rings. The predicted molar refractivity (Wildman–Crippen MR) is 71.4 cm³/mol. The number of methoxy groups -OCH3 is 1. The van der Waals surface area contributed by atoms with Crippen LogP contribution in [0, 0.1) is 24.1 Å². The van der Waals surface area contributed by atoms with Crippen LogP contribution in [0.15, 0.2) is 18.2 Å². The van der Waals surface area contributed by atoms with Crippen LogP contribution >= 0.6 is 0 Å². The van der Waals surface area contributed by atoms with E-state index >= 15 is 0 Å². The fraction of sp³-hybridized carbons (Fsp3) is 0.562. The van der Waals surface area contributed by atoms with Gasteiger partial charge in [-0.15, -0.1) is 0 Å². The maximum atomic E-state index is 13.6. The zero-order valence-electron chi connectivity index (χ0n) is 11.8. The van der Waals surface area contributed by atoms with Crippen LogP contribution < -0.4 is 0 Å². The molecule has 20 heavy (non-hydrogen) atoms. The van der Waals surface area contributed by atoms with Gasteiger partial charge < -0.3 is 9.84 Å². The first-order chi connectivity index (χ1) is 9.37. The van der Waals surface area contributed by atoms with Crippen molar-refractivity contribution in [1.29, 1.82) is 0 Å². The average Bonchev–Trinajstić information content (AvgIpc) is 2.34. The van der Waals surface area contributed by atoms with Crippen molar-refractivity contribution in [3.63, 3.8) is 0 Å². The van der Waals surface area contributed by atoms with Gasteiger partial charge in [0.1, 0.15) is 5.82 Å². The van der Waals surface area contributed by atoms with E-state index in [0.29, 0.717) is 24.0 Å². The maximum absolute atomic E-state index is 13.6. The normalized spacial score (nSPS) is 35.3. The van der Waals surface area contributed by atoms with E-state index in [1.54, 1.807) is 19.1 Å². The van der Waals surface area contributed by atoms with Crippen LogP contribution in [0.25, 0.3) is 0 Å². The van der Waals surface area contributed by atoms with Crippen molar-refractivity contribution in [2.75, 3.05) is 7.11 Å². The van der Waals surface area contributed by atoms with E-state index in [0.717, 1.165) is 12.8 Å². The van der Waals surface area contributed by atoms with Crippen molar-refractivity contribution >= 4 is 5.97 Å². The molecular weight excluding hydrogens is 259 g/mol. The summed E-state index contributed by atoms with van der Waals surface area (Å²) in [5, 5.41) is 10.6. The molecule has 2 aliphatic carbocycles. The number of esters is 1. The lowest BCUT2D eigenvalue weighted by Crippen LogP contribution is -2.57. The van der Waals surface area contributed by atoms with Gasteiger partial charge in [0.15, 0.2) is 0 Å². The molecule has 0 aromatic heterocycles. The van der Waals surface area contributed by atoms with Crippen LogP contribution in [0.4, 0.5) is 4.39 Å². The summed E-state index contributed by atoms with van der Waals surface area (Å²) < 4.78 is 18.3. The van der Waals surface area contributed by atoms with Crippen molar-refractivity contribution in [1.82, 2.24) is 0 Å². The van der Waals surface area contributed by atoms with Crippen LogP contribution in [0.3, 0.4) is 0 Å². The van der Waals surface area contributed by atoms with Crippen molar-refractivity contribution in [2.45, 2.75) is 38.2 Å². The second-order valence-electron chi connectivity index (χ2n) is 6.48. The average molecular weight is 278 g/mol. The van der Waals surface area contributed by atoms with Crippen LogP contribution in [0.1, 0.15) is 36.8 Å². The molecule has 108 valence electrons. The van der Waals surface area contributed by atoms with Gasteiger partial charge in [0, 0.05) is 0 Å². The molecule has 3 nitrogen and oxygen atoms in total. The van der Waals surface area contributed by atoms with Gasteiger partial charge in [-0.25, -0.2) is 4.39 Å². The summed E-state index contributed by atoms with van der Waals surface area (Å²) in [6.45, 7) is 1.71. The van der Waals surface area contributed by atoms with E-state index < -0.39 is 5.60 Å². The molecule has 2 aliphatic rings. The fourth-order valence-corrected chi connectivity index (χ4v) is 3.88. The molecule has 2 saturated carbocycles. The number of hydrogen-bond donors (Lipinski definition) is 1. The van der Waals surface area contributed by atoms with Gasteiger partial charge in [-0.3, -0.25) is 4.79 Å². The third-order valence-corrected chi connectivity index (χ3v) is 4.94. The molecule has 0 unspecified atom stereocenters. The Morgan fingerprint density at radius 1 is 1.40 bits per heavy atom. The summed E-state index contributed by atoms with van der Waals surface area (Å²) in [6.07, 6.45) is 2.76. The lowest BCUT2D eigenvalue weighted by molar-refractivity contribution is -0.198. The number of ether oxygens (including phenoxy) is 1. The van der Waals surface area contributed by atoms with E-state index in [4.69, 9.17) is 4.74 Å². The summed E-state index contributed by atoms with van der Waals surface area (Å²) in [5.74, 6) is -0.468. The second kappa shape index (κ2) is 4.29. The maximum Gasteiger partial charge on any atom is 0.308 e. The van der Waals surface area contributed by atoms with Gasteiger partial charge in [0.05, 0.1) is 18.6 Å². The number of carbonyl (C=O) groups excluding carboxylic acids is 1. The van der Waals surface area contributed by atoms with Crippen LogP contribution in [0.2, 0.25) is 0 Å². The minimum absolute atomic E-state index is 0.0284. The third-order valence-electron chi connectivity index (χ3n) is 4.94. The third kappa shape index (κ3) is 1.94. The Labute approximate surface area is 117 Å². The number of carbonyl (C=O) groups is 1. The Bertz CT molecular complexity index is 553. The van der Waals surface area contributed by atoms with E-state index in [-0.39, 0.29) is 23.1 Å². The quantitative estimate of drug-likeness (QED) is 0.846. The Morgan fingerprint density at radius 2 is 2.05 bits per heavy atom. The first-order valence-corrected chi connectivity index (χ1v) is 6.94.